The van der Waals surface area contributed by atoms with E-state index in [-0.39, 0.29) is 16.6 Å². The summed E-state index contributed by atoms with van der Waals surface area (Å²) in [6.07, 6.45) is 1.22. The maximum Gasteiger partial charge on any atom is 0.253 e. The van der Waals surface area contributed by atoms with Crippen molar-refractivity contribution in [1.82, 2.24) is 14.1 Å². The van der Waals surface area contributed by atoms with Crippen LogP contribution in [0, 0.1) is 0 Å². The molecule has 1 amide bonds. The standard InChI is InChI=1S/C18H27N3O6S2/c1-28(23,24)15-12-19-6-8-20(9-7-19)18(22)16-2-4-17(5-3-16)29(25,26)21-10-13-27-14-11-21/h2-5H,6-15H2,1H3. The minimum absolute atomic E-state index is 0.111. The number of carbonyl (C=O) groups excluding carboxylic acids is 1. The van der Waals surface area contributed by atoms with Crippen molar-refractivity contribution in [2.75, 3.05) is 71.0 Å². The molecule has 11 heteroatoms. The highest BCUT2D eigenvalue weighted by Crippen LogP contribution is 2.19. The molecular weight excluding hydrogens is 418 g/mol. The van der Waals surface area contributed by atoms with E-state index in [0.29, 0.717) is 64.6 Å². The number of morpholine rings is 1. The second-order valence-electron chi connectivity index (χ2n) is 7.30. The first-order valence-corrected chi connectivity index (χ1v) is 13.0. The summed E-state index contributed by atoms with van der Waals surface area (Å²) in [5.41, 5.74) is 0.440. The zero-order chi connectivity index (χ0) is 21.1. The van der Waals surface area contributed by atoms with Crippen molar-refractivity contribution in [3.8, 4) is 0 Å². The maximum atomic E-state index is 12.7. The van der Waals surface area contributed by atoms with Gasteiger partial charge in [0.25, 0.3) is 5.91 Å². The van der Waals surface area contributed by atoms with E-state index in [1.165, 1.54) is 22.7 Å². The summed E-state index contributed by atoms with van der Waals surface area (Å²) in [5, 5.41) is 0. The van der Waals surface area contributed by atoms with Crippen LogP contribution in [0.5, 0.6) is 0 Å². The van der Waals surface area contributed by atoms with Gasteiger partial charge in [0.15, 0.2) is 0 Å². The van der Waals surface area contributed by atoms with Crippen LogP contribution in [0.1, 0.15) is 10.4 Å². The van der Waals surface area contributed by atoms with Crippen LogP contribution in [-0.4, -0.2) is 108 Å². The third-order valence-corrected chi connectivity index (χ3v) is 7.98. The summed E-state index contributed by atoms with van der Waals surface area (Å²) in [6, 6.07) is 6.04. The van der Waals surface area contributed by atoms with Crippen LogP contribution in [0.15, 0.2) is 29.2 Å². The zero-order valence-corrected chi connectivity index (χ0v) is 18.1. The second-order valence-corrected chi connectivity index (χ2v) is 11.5. The van der Waals surface area contributed by atoms with E-state index in [2.05, 4.69) is 0 Å². The molecule has 0 radical (unpaired) electrons. The lowest BCUT2D eigenvalue weighted by Gasteiger charge is -2.34. The molecule has 29 heavy (non-hydrogen) atoms. The molecule has 162 valence electrons. The molecule has 2 saturated heterocycles. The first-order valence-electron chi connectivity index (χ1n) is 9.54. The third kappa shape index (κ3) is 5.76. The van der Waals surface area contributed by atoms with Crippen molar-refractivity contribution in [2.24, 2.45) is 0 Å². The zero-order valence-electron chi connectivity index (χ0n) is 16.5. The number of amides is 1. The number of ether oxygens (including phenoxy) is 1. The molecule has 0 bridgehead atoms. The molecule has 2 aliphatic rings. The molecule has 0 saturated carbocycles. The third-order valence-electron chi connectivity index (χ3n) is 5.15. The molecule has 0 unspecified atom stereocenters. The monoisotopic (exact) mass is 445 g/mol. The molecule has 9 nitrogen and oxygen atoms in total. The van der Waals surface area contributed by atoms with Gasteiger partial charge in [0.05, 0.1) is 23.9 Å². The lowest BCUT2D eigenvalue weighted by Crippen LogP contribution is -2.49. The molecule has 2 heterocycles. The molecule has 2 aliphatic heterocycles. The van der Waals surface area contributed by atoms with Gasteiger partial charge >= 0.3 is 0 Å². The number of rotatable bonds is 6. The summed E-state index contributed by atoms with van der Waals surface area (Å²) in [4.78, 5) is 16.6. The van der Waals surface area contributed by atoms with Crippen LogP contribution in [0.3, 0.4) is 0 Å². The predicted octanol–water partition coefficient (Wildman–Crippen LogP) is -0.490. The second kappa shape index (κ2) is 9.09. The van der Waals surface area contributed by atoms with Crippen LogP contribution >= 0.6 is 0 Å². The normalized spacial score (nSPS) is 20.0. The van der Waals surface area contributed by atoms with Crippen molar-refractivity contribution in [2.45, 2.75) is 4.90 Å². The minimum atomic E-state index is -3.58. The molecule has 0 aromatic heterocycles. The Balaban J connectivity index is 1.58. The summed E-state index contributed by atoms with van der Waals surface area (Å²) in [7, 11) is -6.58. The van der Waals surface area contributed by atoms with E-state index >= 15 is 0 Å². The van der Waals surface area contributed by atoms with Gasteiger partial charge in [-0.25, -0.2) is 16.8 Å². The van der Waals surface area contributed by atoms with Crippen molar-refractivity contribution in [3.05, 3.63) is 29.8 Å². The van der Waals surface area contributed by atoms with Crippen molar-refractivity contribution >= 4 is 25.8 Å². The molecule has 0 aliphatic carbocycles. The van der Waals surface area contributed by atoms with Gasteiger partial charge in [-0.2, -0.15) is 4.31 Å². The Labute approximate surface area is 172 Å². The number of piperazine rings is 1. The van der Waals surface area contributed by atoms with Crippen LogP contribution in [-0.2, 0) is 24.6 Å². The average molecular weight is 446 g/mol. The topological polar surface area (TPSA) is 104 Å². The van der Waals surface area contributed by atoms with Crippen LogP contribution in [0.4, 0.5) is 0 Å². The Morgan fingerprint density at radius 3 is 2.07 bits per heavy atom. The number of nitrogens with zero attached hydrogens (tertiary/aromatic N) is 3. The van der Waals surface area contributed by atoms with Crippen molar-refractivity contribution < 1.29 is 26.4 Å². The molecule has 1 aromatic rings. The highest BCUT2D eigenvalue weighted by Gasteiger charge is 2.27. The predicted molar refractivity (Wildman–Crippen MR) is 108 cm³/mol. The lowest BCUT2D eigenvalue weighted by atomic mass is 10.2. The van der Waals surface area contributed by atoms with Gasteiger partial charge in [-0.15, -0.1) is 0 Å². The van der Waals surface area contributed by atoms with E-state index < -0.39 is 19.9 Å². The fourth-order valence-corrected chi connectivity index (χ4v) is 5.36. The number of benzene rings is 1. The van der Waals surface area contributed by atoms with Gasteiger partial charge < -0.3 is 9.64 Å². The SMILES string of the molecule is CS(=O)(=O)CCN1CCN(C(=O)c2ccc(S(=O)(=O)N3CCOCC3)cc2)CC1. The van der Waals surface area contributed by atoms with E-state index in [9.17, 15) is 21.6 Å². The Kier molecular flexibility index (Phi) is 6.94. The number of hydrogen-bond donors (Lipinski definition) is 0. The fraction of sp³-hybridized carbons (Fsp3) is 0.611. The van der Waals surface area contributed by atoms with Crippen LogP contribution < -0.4 is 0 Å². The Hall–Kier alpha value is -1.53. The number of hydrogen-bond acceptors (Lipinski definition) is 7. The molecular formula is C18H27N3O6S2. The Bertz CT molecular complexity index is 917. The molecule has 1 aromatic carbocycles. The lowest BCUT2D eigenvalue weighted by molar-refractivity contribution is 0.0644. The van der Waals surface area contributed by atoms with Crippen LogP contribution in [0.2, 0.25) is 0 Å². The van der Waals surface area contributed by atoms with Gasteiger partial charge in [-0.1, -0.05) is 0 Å². The van der Waals surface area contributed by atoms with Gasteiger partial charge in [0.1, 0.15) is 9.84 Å². The highest BCUT2D eigenvalue weighted by molar-refractivity contribution is 7.90. The number of sulfonamides is 1. The minimum Gasteiger partial charge on any atom is -0.379 e. The Morgan fingerprint density at radius 1 is 0.931 bits per heavy atom. The summed E-state index contributed by atoms with van der Waals surface area (Å²) < 4.78 is 54.5. The average Bonchev–Trinajstić information content (AvgIpc) is 2.72. The van der Waals surface area contributed by atoms with Crippen LogP contribution in [0.25, 0.3) is 0 Å². The highest BCUT2D eigenvalue weighted by atomic mass is 32.2. The smallest absolute Gasteiger partial charge is 0.253 e. The van der Waals surface area contributed by atoms with E-state index in [1.807, 2.05) is 4.90 Å². The molecule has 0 N–H and O–H groups in total. The molecule has 2 fully saturated rings. The summed E-state index contributed by atoms with van der Waals surface area (Å²) >= 11 is 0. The summed E-state index contributed by atoms with van der Waals surface area (Å²) in [5.74, 6) is -0.0388. The first-order chi connectivity index (χ1) is 13.7. The summed E-state index contributed by atoms with van der Waals surface area (Å²) in [6.45, 7) is 4.13. The molecule has 3 rings (SSSR count). The van der Waals surface area contributed by atoms with Gasteiger partial charge in [0, 0.05) is 57.6 Å². The van der Waals surface area contributed by atoms with E-state index in [4.69, 9.17) is 4.74 Å². The van der Waals surface area contributed by atoms with Gasteiger partial charge in [-0.3, -0.25) is 9.69 Å². The largest absolute Gasteiger partial charge is 0.379 e. The van der Waals surface area contributed by atoms with E-state index in [0.717, 1.165) is 0 Å². The number of sulfone groups is 1. The van der Waals surface area contributed by atoms with Gasteiger partial charge in [-0.05, 0) is 24.3 Å². The molecule has 0 spiro atoms. The van der Waals surface area contributed by atoms with Crippen molar-refractivity contribution in [3.63, 3.8) is 0 Å². The quantitative estimate of drug-likeness (QED) is 0.582. The fourth-order valence-electron chi connectivity index (χ4n) is 3.36. The van der Waals surface area contributed by atoms with E-state index in [1.54, 1.807) is 17.0 Å². The van der Waals surface area contributed by atoms with Gasteiger partial charge in [0.2, 0.25) is 10.0 Å². The maximum absolute atomic E-state index is 12.7. The number of carbonyl (C=O) groups is 1. The van der Waals surface area contributed by atoms with Crippen molar-refractivity contribution in [1.29, 1.82) is 0 Å². The molecule has 0 atom stereocenters. The first kappa shape index (κ1) is 22.2. The Morgan fingerprint density at radius 2 is 1.52 bits per heavy atom.